The predicted molar refractivity (Wildman–Crippen MR) is 105 cm³/mol. The molecule has 4 rings (SSSR count). The molecule has 152 valence electrons. The van der Waals surface area contributed by atoms with Crippen molar-refractivity contribution >= 4 is 23.1 Å². The summed E-state index contributed by atoms with van der Waals surface area (Å²) >= 11 is 1.53. The van der Waals surface area contributed by atoms with Crippen LogP contribution in [-0.4, -0.2) is 42.9 Å². The first kappa shape index (κ1) is 21.3. The summed E-state index contributed by atoms with van der Waals surface area (Å²) in [4.78, 5) is 14.6. The first-order valence-corrected chi connectivity index (χ1v) is 10.5. The van der Waals surface area contributed by atoms with E-state index in [1.807, 2.05) is 22.9 Å². The lowest BCUT2D eigenvalue weighted by Gasteiger charge is -2.44. The number of thiophene rings is 1. The molecule has 2 fully saturated rings. The normalized spacial score (nSPS) is 25.0. The molecule has 2 saturated heterocycles. The number of hydrogen-bond acceptors (Lipinski definition) is 3. The first-order valence-electron chi connectivity index (χ1n) is 9.51. The maximum Gasteiger partial charge on any atom is 0.414 e. The van der Waals surface area contributed by atoms with Crippen LogP contribution in [0, 0.1) is 5.82 Å². The standard InChI is InChI=1S/C21H26FN2O2S.BrH/c1-24(2)18-6-7-19(24)12-20(11-18)26-21(25)23(17-8-9-27-14-17)13-15-4-3-5-16(22)10-15;/h3-5,8-10,14,18-20H,6-7,11-13H2,1-2H3;1H/q+1;/p-1/t18-,19+,20+;. The number of carbonyl (C=O) groups excluding carboxylic acids is 1. The van der Waals surface area contributed by atoms with E-state index in [0.717, 1.165) is 28.6 Å². The topological polar surface area (TPSA) is 29.5 Å². The van der Waals surface area contributed by atoms with Gasteiger partial charge in [-0.3, -0.25) is 4.90 Å². The Morgan fingerprint density at radius 3 is 2.57 bits per heavy atom. The van der Waals surface area contributed by atoms with Crippen LogP contribution in [0.2, 0.25) is 0 Å². The second kappa shape index (κ2) is 8.51. The Morgan fingerprint density at radius 1 is 1.25 bits per heavy atom. The molecule has 1 amide bonds. The van der Waals surface area contributed by atoms with E-state index >= 15 is 0 Å². The zero-order chi connectivity index (χ0) is 19.0. The molecular weight excluding hydrogens is 443 g/mol. The third kappa shape index (κ3) is 4.26. The zero-order valence-corrected chi connectivity index (χ0v) is 18.6. The van der Waals surface area contributed by atoms with Gasteiger partial charge in [-0.05, 0) is 29.1 Å². The number of amides is 1. The van der Waals surface area contributed by atoms with Crippen LogP contribution in [-0.2, 0) is 11.3 Å². The number of anilines is 1. The van der Waals surface area contributed by atoms with Crippen LogP contribution in [0.5, 0.6) is 0 Å². The van der Waals surface area contributed by atoms with Gasteiger partial charge in [0, 0.05) is 31.1 Å². The van der Waals surface area contributed by atoms with Crippen molar-refractivity contribution in [2.45, 2.75) is 50.4 Å². The van der Waals surface area contributed by atoms with Gasteiger partial charge in [-0.2, -0.15) is 11.3 Å². The average Bonchev–Trinajstić information content (AvgIpc) is 3.16. The lowest BCUT2D eigenvalue weighted by Crippen LogP contribution is -3.00. The summed E-state index contributed by atoms with van der Waals surface area (Å²) in [6.07, 6.45) is 3.90. The number of benzene rings is 1. The van der Waals surface area contributed by atoms with E-state index in [1.54, 1.807) is 11.0 Å². The van der Waals surface area contributed by atoms with Crippen LogP contribution in [0.3, 0.4) is 0 Å². The molecule has 0 unspecified atom stereocenters. The Morgan fingerprint density at radius 2 is 1.96 bits per heavy atom. The number of carbonyl (C=O) groups is 1. The van der Waals surface area contributed by atoms with Crippen LogP contribution in [0.15, 0.2) is 41.1 Å². The number of ether oxygens (including phenoxy) is 1. The van der Waals surface area contributed by atoms with E-state index in [1.165, 1.54) is 36.3 Å². The van der Waals surface area contributed by atoms with Gasteiger partial charge in [-0.15, -0.1) is 0 Å². The van der Waals surface area contributed by atoms with Crippen molar-refractivity contribution in [1.29, 1.82) is 0 Å². The number of nitrogens with zero attached hydrogens (tertiary/aromatic N) is 2. The quantitative estimate of drug-likeness (QED) is 0.640. The van der Waals surface area contributed by atoms with Gasteiger partial charge in [0.05, 0.1) is 38.4 Å². The molecule has 2 aromatic rings. The van der Waals surface area contributed by atoms with E-state index in [0.29, 0.717) is 18.6 Å². The molecule has 2 aliphatic rings. The Hall–Kier alpha value is -1.44. The molecule has 0 spiro atoms. The molecule has 0 radical (unpaired) electrons. The van der Waals surface area contributed by atoms with Gasteiger partial charge in [0.2, 0.25) is 0 Å². The Kier molecular flexibility index (Phi) is 6.47. The lowest BCUT2D eigenvalue weighted by atomic mass is 9.98. The van der Waals surface area contributed by atoms with Gasteiger partial charge in [0.1, 0.15) is 11.9 Å². The SMILES string of the molecule is C[N+]1(C)[C@@H]2CC[C@H]1C[C@@H](OC(=O)N(Cc1cccc(F)c1)c1ccsc1)C2.[Br-]. The second-order valence-corrected chi connectivity index (χ2v) is 8.97. The Bertz CT molecular complexity index is 798. The van der Waals surface area contributed by atoms with Crippen molar-refractivity contribution in [3.05, 3.63) is 52.5 Å². The number of hydrogen-bond donors (Lipinski definition) is 0. The summed E-state index contributed by atoms with van der Waals surface area (Å²) in [7, 11) is 4.59. The third-order valence-electron chi connectivity index (χ3n) is 6.32. The fraction of sp³-hybridized carbons (Fsp3) is 0.476. The lowest BCUT2D eigenvalue weighted by molar-refractivity contribution is -0.931. The van der Waals surface area contributed by atoms with Gasteiger partial charge in [-0.25, -0.2) is 9.18 Å². The zero-order valence-electron chi connectivity index (χ0n) is 16.2. The summed E-state index contributed by atoms with van der Waals surface area (Å²) in [6, 6.07) is 9.41. The van der Waals surface area contributed by atoms with Crippen molar-refractivity contribution in [1.82, 2.24) is 0 Å². The molecule has 28 heavy (non-hydrogen) atoms. The number of quaternary nitrogens is 1. The molecule has 1 aromatic heterocycles. The molecule has 3 heterocycles. The predicted octanol–water partition coefficient (Wildman–Crippen LogP) is 1.80. The molecule has 2 bridgehead atoms. The molecule has 1 aromatic carbocycles. The fourth-order valence-corrected chi connectivity index (χ4v) is 5.26. The number of halogens is 2. The van der Waals surface area contributed by atoms with Gasteiger partial charge in [0.15, 0.2) is 0 Å². The van der Waals surface area contributed by atoms with Gasteiger partial charge in [0.25, 0.3) is 0 Å². The summed E-state index contributed by atoms with van der Waals surface area (Å²) in [5.74, 6) is -0.296. The van der Waals surface area contributed by atoms with Gasteiger partial charge in [-0.1, -0.05) is 12.1 Å². The van der Waals surface area contributed by atoms with Crippen molar-refractivity contribution in [2.75, 3.05) is 19.0 Å². The number of rotatable bonds is 4. The van der Waals surface area contributed by atoms with Crippen molar-refractivity contribution in [2.24, 2.45) is 0 Å². The smallest absolute Gasteiger partial charge is 0.414 e. The largest absolute Gasteiger partial charge is 1.00 e. The molecule has 3 atom stereocenters. The second-order valence-electron chi connectivity index (χ2n) is 8.19. The van der Waals surface area contributed by atoms with Crippen molar-refractivity contribution in [3.8, 4) is 0 Å². The van der Waals surface area contributed by atoms with E-state index in [4.69, 9.17) is 4.74 Å². The van der Waals surface area contributed by atoms with Crippen molar-refractivity contribution in [3.63, 3.8) is 0 Å². The molecule has 2 aliphatic heterocycles. The van der Waals surface area contributed by atoms with E-state index in [9.17, 15) is 9.18 Å². The number of piperidine rings is 1. The van der Waals surface area contributed by atoms with Crippen LogP contribution in [0.1, 0.15) is 31.2 Å². The van der Waals surface area contributed by atoms with Crippen molar-refractivity contribution < 1.29 is 35.4 Å². The minimum absolute atomic E-state index is 0. The minimum atomic E-state index is -0.339. The maximum absolute atomic E-state index is 13.6. The average molecular weight is 469 g/mol. The van der Waals surface area contributed by atoms with E-state index in [2.05, 4.69) is 14.1 Å². The van der Waals surface area contributed by atoms with Gasteiger partial charge >= 0.3 is 6.09 Å². The van der Waals surface area contributed by atoms with Gasteiger partial charge < -0.3 is 26.2 Å². The summed E-state index contributed by atoms with van der Waals surface area (Å²) in [5.41, 5.74) is 1.55. The van der Waals surface area contributed by atoms with Crippen LogP contribution < -0.4 is 21.9 Å². The van der Waals surface area contributed by atoms with E-state index in [-0.39, 0.29) is 35.0 Å². The molecule has 0 saturated carbocycles. The summed E-state index contributed by atoms with van der Waals surface area (Å²) in [5, 5.41) is 3.85. The number of fused-ring (bicyclic) bond motifs is 2. The van der Waals surface area contributed by atoms with E-state index < -0.39 is 0 Å². The summed E-state index contributed by atoms with van der Waals surface area (Å²) < 4.78 is 20.6. The minimum Gasteiger partial charge on any atom is -1.00 e. The molecule has 0 aliphatic carbocycles. The Balaban J connectivity index is 0.00000225. The highest BCUT2D eigenvalue weighted by atomic mass is 79.9. The highest BCUT2D eigenvalue weighted by molar-refractivity contribution is 7.08. The maximum atomic E-state index is 13.6. The molecule has 0 N–H and O–H groups in total. The third-order valence-corrected chi connectivity index (χ3v) is 6.99. The fourth-order valence-electron chi connectivity index (χ4n) is 4.62. The van der Waals surface area contributed by atoms with Crippen LogP contribution >= 0.6 is 11.3 Å². The Labute approximate surface area is 180 Å². The highest BCUT2D eigenvalue weighted by Crippen LogP contribution is 2.40. The molecular formula is C21H26BrFN2O2S. The molecule has 4 nitrogen and oxygen atoms in total. The molecule has 7 heteroatoms. The van der Waals surface area contributed by atoms with Crippen LogP contribution in [0.4, 0.5) is 14.9 Å². The van der Waals surface area contributed by atoms with Crippen LogP contribution in [0.25, 0.3) is 0 Å². The summed E-state index contributed by atoms with van der Waals surface area (Å²) in [6.45, 7) is 0.300. The monoisotopic (exact) mass is 468 g/mol. The highest BCUT2D eigenvalue weighted by Gasteiger charge is 2.50. The first-order chi connectivity index (χ1) is 12.9.